The molecule has 0 aliphatic heterocycles. The predicted molar refractivity (Wildman–Crippen MR) is 30.6 cm³/mol. The van der Waals surface area contributed by atoms with E-state index in [1.165, 1.54) is 0 Å². The van der Waals surface area contributed by atoms with Gasteiger partial charge in [-0.15, -0.1) is 0 Å². The summed E-state index contributed by atoms with van der Waals surface area (Å²) in [5.41, 5.74) is 0. The normalized spacial score (nSPS) is 26.1. The van der Waals surface area contributed by atoms with E-state index in [2.05, 4.69) is 0 Å². The van der Waals surface area contributed by atoms with E-state index in [1.807, 2.05) is 6.92 Å². The lowest BCUT2D eigenvalue weighted by molar-refractivity contribution is -0.138. The zero-order chi connectivity index (χ0) is 6.85. The maximum Gasteiger partial charge on any atom is 0.309 e. The molecule has 1 radical (unpaired) electrons. The van der Waals surface area contributed by atoms with Crippen molar-refractivity contribution in [3.05, 3.63) is 6.10 Å². The molecule has 3 heteroatoms. The molecule has 0 saturated heterocycles. The third kappa shape index (κ3) is 1.42. The van der Waals surface area contributed by atoms with Crippen LogP contribution in [0, 0.1) is 12.0 Å². The van der Waals surface area contributed by atoms with Crippen molar-refractivity contribution in [2.75, 3.05) is 6.61 Å². The van der Waals surface area contributed by atoms with Gasteiger partial charge in [-0.3, -0.25) is 4.79 Å². The molecule has 1 unspecified atom stereocenters. The van der Waals surface area contributed by atoms with Crippen molar-refractivity contribution in [3.8, 4) is 0 Å². The highest BCUT2D eigenvalue weighted by Crippen LogP contribution is 2.41. The van der Waals surface area contributed by atoms with Crippen molar-refractivity contribution in [1.82, 2.24) is 0 Å². The smallest absolute Gasteiger partial charge is 0.309 e. The van der Waals surface area contributed by atoms with Crippen LogP contribution in [0.15, 0.2) is 0 Å². The number of hydrogen-bond donors (Lipinski definition) is 1. The number of carboxylic acid groups (broad SMARTS) is 1. The molecular weight excluding hydrogens is 120 g/mol. The van der Waals surface area contributed by atoms with E-state index in [-0.39, 0.29) is 5.92 Å². The van der Waals surface area contributed by atoms with Gasteiger partial charge in [-0.25, -0.2) is 0 Å². The first-order chi connectivity index (χ1) is 4.25. The maximum atomic E-state index is 10.1. The lowest BCUT2D eigenvalue weighted by atomic mass is 10.4. The zero-order valence-electron chi connectivity index (χ0n) is 5.26. The van der Waals surface area contributed by atoms with Crippen LogP contribution in [0.25, 0.3) is 0 Å². The highest BCUT2D eigenvalue weighted by atomic mass is 16.5. The van der Waals surface area contributed by atoms with Crippen LogP contribution < -0.4 is 0 Å². The molecule has 3 nitrogen and oxygen atoms in total. The third-order valence-corrected chi connectivity index (χ3v) is 1.26. The molecule has 1 fully saturated rings. The predicted octanol–water partition coefficient (Wildman–Crippen LogP) is 0.659. The van der Waals surface area contributed by atoms with Crippen molar-refractivity contribution in [2.24, 2.45) is 5.92 Å². The second kappa shape index (κ2) is 2.35. The van der Waals surface area contributed by atoms with Crippen molar-refractivity contribution in [1.29, 1.82) is 0 Å². The van der Waals surface area contributed by atoms with Gasteiger partial charge in [0.2, 0.25) is 0 Å². The lowest BCUT2D eigenvalue weighted by Crippen LogP contribution is -2.00. The summed E-state index contributed by atoms with van der Waals surface area (Å²) < 4.78 is 4.96. The minimum Gasteiger partial charge on any atom is -0.481 e. The summed E-state index contributed by atoms with van der Waals surface area (Å²) >= 11 is 0. The molecule has 1 aliphatic rings. The van der Waals surface area contributed by atoms with Crippen LogP contribution in [0.4, 0.5) is 0 Å². The van der Waals surface area contributed by atoms with Gasteiger partial charge >= 0.3 is 5.97 Å². The van der Waals surface area contributed by atoms with Gasteiger partial charge in [0, 0.05) is 6.61 Å². The summed E-state index contributed by atoms with van der Waals surface area (Å²) in [6.45, 7) is 2.43. The van der Waals surface area contributed by atoms with Crippen LogP contribution >= 0.6 is 0 Å². The second-order valence-corrected chi connectivity index (χ2v) is 1.99. The molecule has 0 aromatic carbocycles. The highest BCUT2D eigenvalue weighted by Gasteiger charge is 2.45. The largest absolute Gasteiger partial charge is 0.481 e. The molecule has 1 aliphatic carbocycles. The van der Waals surface area contributed by atoms with Crippen LogP contribution in [-0.4, -0.2) is 17.7 Å². The summed E-state index contributed by atoms with van der Waals surface area (Å²) in [4.78, 5) is 10.1. The molecule has 0 spiro atoms. The van der Waals surface area contributed by atoms with E-state index in [4.69, 9.17) is 9.84 Å². The van der Waals surface area contributed by atoms with Crippen molar-refractivity contribution < 1.29 is 14.6 Å². The van der Waals surface area contributed by atoms with E-state index in [0.717, 1.165) is 6.10 Å². The van der Waals surface area contributed by atoms with Gasteiger partial charge in [0.25, 0.3) is 0 Å². The summed E-state index contributed by atoms with van der Waals surface area (Å²) in [6, 6.07) is 0. The Hall–Kier alpha value is -0.570. The topological polar surface area (TPSA) is 46.5 Å². The van der Waals surface area contributed by atoms with Crippen molar-refractivity contribution >= 4 is 5.97 Å². The molecule has 0 heterocycles. The standard InChI is InChI=1S/C6H9O3/c1-2-9-5-3-4(5)6(7)8/h4H,2-3H2,1H3,(H,7,8). The Morgan fingerprint density at radius 3 is 3.00 bits per heavy atom. The molecule has 1 N–H and O–H groups in total. The summed E-state index contributed by atoms with van der Waals surface area (Å²) in [7, 11) is 0. The fourth-order valence-electron chi connectivity index (χ4n) is 0.712. The molecule has 0 aromatic rings. The Labute approximate surface area is 53.6 Å². The van der Waals surface area contributed by atoms with Crippen LogP contribution in [0.5, 0.6) is 0 Å². The second-order valence-electron chi connectivity index (χ2n) is 1.99. The lowest BCUT2D eigenvalue weighted by Gasteiger charge is -1.92. The van der Waals surface area contributed by atoms with Gasteiger partial charge in [-0.1, -0.05) is 0 Å². The molecule has 1 rings (SSSR count). The Morgan fingerprint density at radius 1 is 2.00 bits per heavy atom. The number of carbonyl (C=O) groups is 1. The molecule has 0 amide bonds. The zero-order valence-corrected chi connectivity index (χ0v) is 5.26. The minimum atomic E-state index is -0.765. The van der Waals surface area contributed by atoms with E-state index >= 15 is 0 Å². The molecule has 1 atom stereocenters. The summed E-state index contributed by atoms with van der Waals surface area (Å²) in [5, 5.41) is 8.35. The average molecular weight is 129 g/mol. The first-order valence-corrected chi connectivity index (χ1v) is 2.97. The maximum absolute atomic E-state index is 10.1. The van der Waals surface area contributed by atoms with Gasteiger partial charge in [-0.05, 0) is 13.3 Å². The first kappa shape index (κ1) is 6.55. The van der Waals surface area contributed by atoms with Gasteiger partial charge in [0.15, 0.2) is 0 Å². The minimum absolute atomic E-state index is 0.301. The number of hydrogen-bond acceptors (Lipinski definition) is 2. The molecular formula is C6H9O3. The highest BCUT2D eigenvalue weighted by molar-refractivity contribution is 5.76. The SMILES string of the molecule is CCO[C]1CC1C(=O)O. The number of ether oxygens (including phenoxy) is 1. The fourth-order valence-corrected chi connectivity index (χ4v) is 0.712. The van der Waals surface area contributed by atoms with Gasteiger partial charge in [-0.2, -0.15) is 0 Å². The molecule has 0 aromatic heterocycles. The molecule has 9 heavy (non-hydrogen) atoms. The Morgan fingerprint density at radius 2 is 2.67 bits per heavy atom. The van der Waals surface area contributed by atoms with Crippen LogP contribution in [0.1, 0.15) is 13.3 Å². The quantitative estimate of drug-likeness (QED) is 0.608. The summed E-state index contributed by atoms with van der Waals surface area (Å²) in [6.07, 6.45) is 1.34. The molecule has 1 saturated carbocycles. The Kier molecular flexibility index (Phi) is 1.71. The van der Waals surface area contributed by atoms with Gasteiger partial charge < -0.3 is 9.84 Å². The number of rotatable bonds is 3. The van der Waals surface area contributed by atoms with E-state index in [9.17, 15) is 4.79 Å². The summed E-state index contributed by atoms with van der Waals surface area (Å²) in [5.74, 6) is -1.07. The fraction of sp³-hybridized carbons (Fsp3) is 0.667. The Bertz CT molecular complexity index is 121. The molecule has 0 bridgehead atoms. The van der Waals surface area contributed by atoms with Gasteiger partial charge in [0.05, 0.1) is 5.92 Å². The van der Waals surface area contributed by atoms with Crippen LogP contribution in [-0.2, 0) is 9.53 Å². The number of carboxylic acids is 1. The van der Waals surface area contributed by atoms with Crippen molar-refractivity contribution in [3.63, 3.8) is 0 Å². The third-order valence-electron chi connectivity index (χ3n) is 1.26. The van der Waals surface area contributed by atoms with Crippen LogP contribution in [0.3, 0.4) is 0 Å². The monoisotopic (exact) mass is 129 g/mol. The number of aliphatic carboxylic acids is 1. The Balaban J connectivity index is 2.17. The van der Waals surface area contributed by atoms with Gasteiger partial charge in [0.1, 0.15) is 6.10 Å². The van der Waals surface area contributed by atoms with Crippen molar-refractivity contribution in [2.45, 2.75) is 13.3 Å². The average Bonchev–Trinajstić information content (AvgIpc) is 2.47. The van der Waals surface area contributed by atoms with E-state index in [0.29, 0.717) is 13.0 Å². The first-order valence-electron chi connectivity index (χ1n) is 2.97. The van der Waals surface area contributed by atoms with E-state index in [1.54, 1.807) is 0 Å². The van der Waals surface area contributed by atoms with E-state index < -0.39 is 5.97 Å². The van der Waals surface area contributed by atoms with Crippen LogP contribution in [0.2, 0.25) is 0 Å². The molecule has 51 valence electrons.